The maximum atomic E-state index is 3.41. The highest BCUT2D eigenvalue weighted by atomic mass is 28.3. The Bertz CT molecular complexity index is 286. The van der Waals surface area contributed by atoms with E-state index in [-0.39, 0.29) is 0 Å². The van der Waals surface area contributed by atoms with Crippen molar-refractivity contribution in [3.63, 3.8) is 0 Å². The molecule has 0 unspecified atom stereocenters. The summed E-state index contributed by atoms with van der Waals surface area (Å²) in [5, 5.41) is 0. The Kier molecular flexibility index (Phi) is 7.59. The van der Waals surface area contributed by atoms with E-state index in [2.05, 4.69) is 62.2 Å². The average Bonchev–Trinajstić information content (AvgIpc) is 2.11. The Morgan fingerprint density at radius 1 is 0.588 bits per heavy atom. The van der Waals surface area contributed by atoms with Gasteiger partial charge in [0, 0.05) is 12.8 Å². The summed E-state index contributed by atoms with van der Waals surface area (Å²) in [5.41, 5.74) is 6.82. The number of unbranched alkanes of at least 4 members (excludes halogenated alkanes) is 4. The standard InChI is InChI=1S/C15H28Si2/c1-16(2,3)14-12-10-8-7-9-11-13-15-17(4,5)6/h7-11H2,1-6H3. The molecule has 96 valence electrons. The summed E-state index contributed by atoms with van der Waals surface area (Å²) >= 11 is 0. The summed E-state index contributed by atoms with van der Waals surface area (Å²) in [6, 6.07) is 0. The second kappa shape index (κ2) is 7.80. The second-order valence-electron chi connectivity index (χ2n) is 6.66. The Morgan fingerprint density at radius 3 is 1.24 bits per heavy atom. The predicted octanol–water partition coefficient (Wildman–Crippen LogP) is 4.70. The molecule has 0 saturated carbocycles. The molecule has 0 aromatic rings. The second-order valence-corrected chi connectivity index (χ2v) is 16.2. The molecule has 0 rings (SSSR count). The fourth-order valence-corrected chi connectivity index (χ4v) is 2.57. The summed E-state index contributed by atoms with van der Waals surface area (Å²) in [6.45, 7) is 13.8. The number of hydrogen-bond donors (Lipinski definition) is 0. The lowest BCUT2D eigenvalue weighted by molar-refractivity contribution is 0.709. The zero-order chi connectivity index (χ0) is 13.4. The molecular weight excluding hydrogens is 236 g/mol. The van der Waals surface area contributed by atoms with E-state index in [1.54, 1.807) is 0 Å². The van der Waals surface area contributed by atoms with Gasteiger partial charge in [-0.15, -0.1) is 22.9 Å². The first kappa shape index (κ1) is 16.6. The van der Waals surface area contributed by atoms with Crippen LogP contribution in [0, 0.1) is 22.9 Å². The first-order valence-electron chi connectivity index (χ1n) is 6.71. The van der Waals surface area contributed by atoms with Crippen molar-refractivity contribution in [3.8, 4) is 22.9 Å². The summed E-state index contributed by atoms with van der Waals surface area (Å²) in [6.07, 6.45) is 5.91. The third-order valence-corrected chi connectivity index (χ3v) is 3.88. The minimum absolute atomic E-state index is 1.08. The number of rotatable bonds is 4. The Balaban J connectivity index is 3.53. The topological polar surface area (TPSA) is 0 Å². The van der Waals surface area contributed by atoms with Gasteiger partial charge in [-0.1, -0.05) is 45.7 Å². The van der Waals surface area contributed by atoms with Crippen molar-refractivity contribution in [2.24, 2.45) is 0 Å². The smallest absolute Gasteiger partial charge is 0.129 e. The third kappa shape index (κ3) is 15.6. The van der Waals surface area contributed by atoms with E-state index >= 15 is 0 Å². The van der Waals surface area contributed by atoms with Crippen LogP contribution in [0.5, 0.6) is 0 Å². The SMILES string of the molecule is C[Si](C)(C)C#CCCCCCC#C[Si](C)(C)C. The molecule has 0 heterocycles. The number of hydrogen-bond acceptors (Lipinski definition) is 0. The molecule has 0 aromatic heterocycles. The fourth-order valence-electron chi connectivity index (χ4n) is 1.26. The maximum absolute atomic E-state index is 3.41. The van der Waals surface area contributed by atoms with Crippen LogP contribution in [0.2, 0.25) is 39.3 Å². The molecule has 0 nitrogen and oxygen atoms in total. The van der Waals surface area contributed by atoms with Crippen LogP contribution in [-0.2, 0) is 0 Å². The minimum atomic E-state index is -1.14. The molecule has 0 aromatic carbocycles. The summed E-state index contributed by atoms with van der Waals surface area (Å²) in [4.78, 5) is 0. The molecule has 17 heavy (non-hydrogen) atoms. The molecular formula is C15H28Si2. The maximum Gasteiger partial charge on any atom is 0.129 e. The summed E-state index contributed by atoms with van der Waals surface area (Å²) < 4.78 is 0. The van der Waals surface area contributed by atoms with Crippen molar-refractivity contribution in [3.05, 3.63) is 0 Å². The highest BCUT2D eigenvalue weighted by Crippen LogP contribution is 2.03. The molecule has 0 spiro atoms. The molecule has 2 heteroatoms. The van der Waals surface area contributed by atoms with Crippen LogP contribution in [-0.4, -0.2) is 16.1 Å². The summed E-state index contributed by atoms with van der Waals surface area (Å²) in [7, 11) is -2.28. The molecule has 0 aliphatic carbocycles. The van der Waals surface area contributed by atoms with Gasteiger partial charge in [-0.25, -0.2) is 0 Å². The van der Waals surface area contributed by atoms with Crippen molar-refractivity contribution in [2.75, 3.05) is 0 Å². The molecule has 0 atom stereocenters. The van der Waals surface area contributed by atoms with Crippen molar-refractivity contribution < 1.29 is 0 Å². The van der Waals surface area contributed by atoms with E-state index in [0.717, 1.165) is 12.8 Å². The fraction of sp³-hybridized carbons (Fsp3) is 0.733. The van der Waals surface area contributed by atoms with Gasteiger partial charge in [-0.05, 0) is 12.8 Å². The lowest BCUT2D eigenvalue weighted by Crippen LogP contribution is -2.16. The minimum Gasteiger partial charge on any atom is -0.132 e. The van der Waals surface area contributed by atoms with Gasteiger partial charge in [0.2, 0.25) is 0 Å². The molecule has 0 N–H and O–H groups in total. The van der Waals surface area contributed by atoms with Crippen LogP contribution in [0.3, 0.4) is 0 Å². The van der Waals surface area contributed by atoms with E-state index in [0.29, 0.717) is 0 Å². The van der Waals surface area contributed by atoms with Gasteiger partial charge < -0.3 is 0 Å². The van der Waals surface area contributed by atoms with Crippen LogP contribution in [0.15, 0.2) is 0 Å². The van der Waals surface area contributed by atoms with Gasteiger partial charge in [0.1, 0.15) is 16.1 Å². The monoisotopic (exact) mass is 264 g/mol. The quantitative estimate of drug-likeness (QED) is 0.392. The van der Waals surface area contributed by atoms with E-state index in [1.807, 2.05) is 0 Å². The molecule has 0 fully saturated rings. The zero-order valence-electron chi connectivity index (χ0n) is 12.5. The average molecular weight is 265 g/mol. The first-order valence-corrected chi connectivity index (χ1v) is 13.7. The van der Waals surface area contributed by atoms with E-state index < -0.39 is 16.1 Å². The normalized spacial score (nSPS) is 11.2. The van der Waals surface area contributed by atoms with E-state index in [1.165, 1.54) is 19.3 Å². The molecule has 0 radical (unpaired) electrons. The van der Waals surface area contributed by atoms with Crippen molar-refractivity contribution >= 4 is 16.1 Å². The van der Waals surface area contributed by atoms with Crippen LogP contribution in [0.4, 0.5) is 0 Å². The van der Waals surface area contributed by atoms with Crippen LogP contribution < -0.4 is 0 Å². The Labute approximate surface area is 111 Å². The molecule has 0 saturated heterocycles. The molecule has 0 aliphatic heterocycles. The molecule has 0 aliphatic rings. The van der Waals surface area contributed by atoms with Crippen LogP contribution >= 0.6 is 0 Å². The van der Waals surface area contributed by atoms with Crippen molar-refractivity contribution in [2.45, 2.75) is 71.4 Å². The van der Waals surface area contributed by atoms with Crippen molar-refractivity contribution in [1.29, 1.82) is 0 Å². The van der Waals surface area contributed by atoms with Gasteiger partial charge in [0.15, 0.2) is 0 Å². The van der Waals surface area contributed by atoms with Gasteiger partial charge in [-0.3, -0.25) is 0 Å². The highest BCUT2D eigenvalue weighted by molar-refractivity contribution is 6.84. The summed E-state index contributed by atoms with van der Waals surface area (Å²) in [5.74, 6) is 6.65. The lowest BCUT2D eigenvalue weighted by atomic mass is 10.1. The van der Waals surface area contributed by atoms with E-state index in [4.69, 9.17) is 0 Å². The van der Waals surface area contributed by atoms with E-state index in [9.17, 15) is 0 Å². The largest absolute Gasteiger partial charge is 0.132 e. The highest BCUT2D eigenvalue weighted by Gasteiger charge is 2.07. The molecule has 0 bridgehead atoms. The Hall–Kier alpha value is -0.446. The van der Waals surface area contributed by atoms with Gasteiger partial charge in [-0.2, -0.15) is 0 Å². The van der Waals surface area contributed by atoms with Gasteiger partial charge in [0.25, 0.3) is 0 Å². The van der Waals surface area contributed by atoms with Crippen LogP contribution in [0.1, 0.15) is 32.1 Å². The van der Waals surface area contributed by atoms with Crippen molar-refractivity contribution in [1.82, 2.24) is 0 Å². The zero-order valence-corrected chi connectivity index (χ0v) is 14.5. The van der Waals surface area contributed by atoms with Gasteiger partial charge in [0.05, 0.1) is 0 Å². The third-order valence-electron chi connectivity index (χ3n) is 2.03. The first-order chi connectivity index (χ1) is 7.71. The molecule has 0 amide bonds. The van der Waals surface area contributed by atoms with Crippen LogP contribution in [0.25, 0.3) is 0 Å². The van der Waals surface area contributed by atoms with Gasteiger partial charge >= 0.3 is 0 Å². The Morgan fingerprint density at radius 2 is 0.941 bits per heavy atom. The predicted molar refractivity (Wildman–Crippen MR) is 85.3 cm³/mol. The lowest BCUT2D eigenvalue weighted by Gasteiger charge is -2.03.